The first kappa shape index (κ1) is 15.0. The first-order valence-electron chi connectivity index (χ1n) is 6.38. The van der Waals surface area contributed by atoms with Crippen LogP contribution in [0.3, 0.4) is 0 Å². The van der Waals surface area contributed by atoms with Gasteiger partial charge in [0.05, 0.1) is 12.1 Å². The molecule has 0 bridgehead atoms. The number of carbonyl (C=O) groups is 1. The quantitative estimate of drug-likeness (QED) is 0.609. The fourth-order valence-corrected chi connectivity index (χ4v) is 2.79. The van der Waals surface area contributed by atoms with Gasteiger partial charge >= 0.3 is 0 Å². The second-order valence-corrected chi connectivity index (χ2v) is 6.12. The number of likely N-dealkylation sites (tertiary alicyclic amines) is 1. The highest BCUT2D eigenvalue weighted by molar-refractivity contribution is 5.81. The van der Waals surface area contributed by atoms with Crippen LogP contribution in [0.15, 0.2) is 0 Å². The highest BCUT2D eigenvalue weighted by atomic mass is 16.6. The molecule has 0 radical (unpaired) electrons. The summed E-state index contributed by atoms with van der Waals surface area (Å²) in [6.45, 7) is 8.07. The molecule has 1 aliphatic rings. The Hall–Kier alpha value is -1.05. The van der Waals surface area contributed by atoms with Crippen molar-refractivity contribution in [3.8, 4) is 12.5 Å². The molecule has 1 rings (SSSR count). The summed E-state index contributed by atoms with van der Waals surface area (Å²) in [6, 6.07) is 0.364. The number of hydrogen-bond acceptors (Lipinski definition) is 4. The Morgan fingerprint density at radius 3 is 2.50 bits per heavy atom. The van der Waals surface area contributed by atoms with Crippen LogP contribution in [-0.2, 0) is 9.63 Å². The minimum Gasteiger partial charge on any atom is -0.356 e. The standard InChI is InChI=1S/C14H24N2O2/c1-7-18-15-13(14(3,4)5)12-9-8-11(10(2)17)16(12)6/h1,11-13,15H,8-9H2,2-6H3/t11-,12-,13?/m1/s1. The average molecular weight is 252 g/mol. The monoisotopic (exact) mass is 252 g/mol. The molecule has 4 nitrogen and oxygen atoms in total. The molecule has 1 fully saturated rings. The van der Waals surface area contributed by atoms with Crippen LogP contribution in [0.25, 0.3) is 0 Å². The number of likely N-dealkylation sites (N-methyl/N-ethyl adjacent to an activating group) is 1. The molecule has 1 aliphatic heterocycles. The third-order valence-electron chi connectivity index (χ3n) is 3.78. The van der Waals surface area contributed by atoms with Gasteiger partial charge in [0.25, 0.3) is 0 Å². The summed E-state index contributed by atoms with van der Waals surface area (Å²) >= 11 is 0. The van der Waals surface area contributed by atoms with Crippen molar-refractivity contribution in [2.24, 2.45) is 5.41 Å². The number of rotatable bonds is 4. The van der Waals surface area contributed by atoms with E-state index in [-0.39, 0.29) is 29.3 Å². The molecule has 0 amide bonds. The number of ketones is 1. The number of terminal acetylenes is 1. The fourth-order valence-electron chi connectivity index (χ4n) is 2.79. The summed E-state index contributed by atoms with van der Waals surface area (Å²) in [6.07, 6.45) is 9.15. The molecule has 4 heteroatoms. The van der Waals surface area contributed by atoms with Gasteiger partial charge in [-0.25, -0.2) is 0 Å². The molecule has 3 atom stereocenters. The Labute approximate surface area is 110 Å². The first-order valence-corrected chi connectivity index (χ1v) is 6.38. The Kier molecular flexibility index (Phi) is 4.78. The zero-order valence-corrected chi connectivity index (χ0v) is 12.0. The summed E-state index contributed by atoms with van der Waals surface area (Å²) in [7, 11) is 2.00. The van der Waals surface area contributed by atoms with Crippen LogP contribution < -0.4 is 5.48 Å². The fraction of sp³-hybridized carbons (Fsp3) is 0.786. The molecule has 0 aromatic rings. The van der Waals surface area contributed by atoms with E-state index in [9.17, 15) is 4.79 Å². The predicted molar refractivity (Wildman–Crippen MR) is 71.6 cm³/mol. The molecule has 1 heterocycles. The Morgan fingerprint density at radius 2 is 2.11 bits per heavy atom. The van der Waals surface area contributed by atoms with Gasteiger partial charge in [0.1, 0.15) is 11.9 Å². The molecule has 0 spiro atoms. The Bertz CT molecular complexity index is 341. The zero-order chi connectivity index (χ0) is 13.9. The van der Waals surface area contributed by atoms with Crippen molar-refractivity contribution in [3.63, 3.8) is 0 Å². The van der Waals surface area contributed by atoms with Crippen molar-refractivity contribution < 1.29 is 9.63 Å². The van der Waals surface area contributed by atoms with Gasteiger partial charge in [-0.3, -0.25) is 9.69 Å². The number of nitrogens with zero attached hydrogens (tertiary/aromatic N) is 1. The molecule has 18 heavy (non-hydrogen) atoms. The summed E-state index contributed by atoms with van der Waals surface area (Å²) in [5.74, 6) is 0.227. The molecule has 102 valence electrons. The summed E-state index contributed by atoms with van der Waals surface area (Å²) < 4.78 is 0. The molecule has 1 N–H and O–H groups in total. The summed E-state index contributed by atoms with van der Waals surface area (Å²) in [5.41, 5.74) is 2.95. The molecule has 0 aromatic heterocycles. The minimum atomic E-state index is 0.00144. The lowest BCUT2D eigenvalue weighted by Gasteiger charge is -2.38. The lowest BCUT2D eigenvalue weighted by atomic mass is 9.82. The highest BCUT2D eigenvalue weighted by Crippen LogP contribution is 2.32. The minimum absolute atomic E-state index is 0.00144. The van der Waals surface area contributed by atoms with Gasteiger partial charge in [0.2, 0.25) is 0 Å². The molecule has 0 aliphatic carbocycles. The van der Waals surface area contributed by atoms with Gasteiger partial charge < -0.3 is 4.84 Å². The number of nitrogens with one attached hydrogen (secondary N) is 1. The van der Waals surface area contributed by atoms with Crippen molar-refractivity contribution in [2.45, 2.75) is 58.7 Å². The van der Waals surface area contributed by atoms with Crippen molar-refractivity contribution in [1.29, 1.82) is 0 Å². The molecule has 1 unspecified atom stereocenters. The van der Waals surface area contributed by atoms with Crippen molar-refractivity contribution >= 4 is 5.78 Å². The van der Waals surface area contributed by atoms with E-state index in [1.807, 2.05) is 7.05 Å². The molecule has 0 aromatic carbocycles. The van der Waals surface area contributed by atoms with Crippen LogP contribution in [-0.4, -0.2) is 35.9 Å². The first-order chi connectivity index (χ1) is 8.29. The van der Waals surface area contributed by atoms with Gasteiger partial charge in [-0.1, -0.05) is 27.2 Å². The maximum atomic E-state index is 11.6. The lowest BCUT2D eigenvalue weighted by Crippen LogP contribution is -2.54. The van der Waals surface area contributed by atoms with E-state index in [1.165, 1.54) is 0 Å². The molecular weight excluding hydrogens is 228 g/mol. The number of carbonyl (C=O) groups excluding carboxylic acids is 1. The van der Waals surface area contributed by atoms with Crippen LogP contribution in [0.2, 0.25) is 0 Å². The number of hydrogen-bond donors (Lipinski definition) is 1. The number of Topliss-reactive ketones (excluding diaryl/α,β-unsaturated/α-hetero) is 1. The number of hydroxylamine groups is 1. The van der Waals surface area contributed by atoms with E-state index >= 15 is 0 Å². The van der Waals surface area contributed by atoms with E-state index in [4.69, 9.17) is 11.3 Å². The van der Waals surface area contributed by atoms with Crippen LogP contribution in [0.4, 0.5) is 0 Å². The normalized spacial score (nSPS) is 26.7. The predicted octanol–water partition coefficient (Wildman–Crippen LogP) is 1.56. The van der Waals surface area contributed by atoms with E-state index in [0.29, 0.717) is 0 Å². The van der Waals surface area contributed by atoms with E-state index in [2.05, 4.69) is 37.3 Å². The Balaban J connectivity index is 2.82. The Morgan fingerprint density at radius 1 is 1.50 bits per heavy atom. The van der Waals surface area contributed by atoms with Crippen molar-refractivity contribution in [3.05, 3.63) is 0 Å². The zero-order valence-electron chi connectivity index (χ0n) is 12.0. The van der Waals surface area contributed by atoms with Crippen LogP contribution in [0.5, 0.6) is 0 Å². The average Bonchev–Trinajstić information content (AvgIpc) is 2.59. The molecule has 0 saturated carbocycles. The van der Waals surface area contributed by atoms with Crippen molar-refractivity contribution in [2.75, 3.05) is 7.05 Å². The molecular formula is C14H24N2O2. The summed E-state index contributed by atoms with van der Waals surface area (Å²) in [4.78, 5) is 18.7. The van der Waals surface area contributed by atoms with E-state index in [0.717, 1.165) is 12.8 Å². The van der Waals surface area contributed by atoms with Gasteiger partial charge in [-0.2, -0.15) is 0 Å². The second kappa shape index (κ2) is 5.73. The largest absolute Gasteiger partial charge is 0.356 e. The van der Waals surface area contributed by atoms with Crippen LogP contribution >= 0.6 is 0 Å². The second-order valence-electron chi connectivity index (χ2n) is 6.12. The maximum Gasteiger partial charge on any atom is 0.146 e. The van der Waals surface area contributed by atoms with Crippen LogP contribution in [0.1, 0.15) is 40.5 Å². The third kappa shape index (κ3) is 3.24. The van der Waals surface area contributed by atoms with E-state index in [1.54, 1.807) is 6.92 Å². The van der Waals surface area contributed by atoms with E-state index < -0.39 is 0 Å². The van der Waals surface area contributed by atoms with Gasteiger partial charge in [-0.15, -0.1) is 5.48 Å². The smallest absolute Gasteiger partial charge is 0.146 e. The third-order valence-corrected chi connectivity index (χ3v) is 3.78. The highest BCUT2D eigenvalue weighted by Gasteiger charge is 2.42. The molecule has 1 saturated heterocycles. The van der Waals surface area contributed by atoms with Gasteiger partial charge in [-0.05, 0) is 32.2 Å². The topological polar surface area (TPSA) is 41.6 Å². The SMILES string of the molecule is C#CONC([C@H]1CC[C@H](C(C)=O)N1C)C(C)(C)C. The van der Waals surface area contributed by atoms with Crippen molar-refractivity contribution in [1.82, 2.24) is 10.4 Å². The summed E-state index contributed by atoms with van der Waals surface area (Å²) in [5, 5.41) is 0. The van der Waals surface area contributed by atoms with Gasteiger partial charge in [0, 0.05) is 6.04 Å². The van der Waals surface area contributed by atoms with Gasteiger partial charge in [0.15, 0.2) is 0 Å². The lowest BCUT2D eigenvalue weighted by molar-refractivity contribution is -0.121. The maximum absolute atomic E-state index is 11.6. The van der Waals surface area contributed by atoms with Crippen LogP contribution in [0, 0.1) is 17.9 Å².